The highest BCUT2D eigenvalue weighted by atomic mass is 32.1. The number of thiocarbonyl (C=S) groups is 1. The molecule has 29 heavy (non-hydrogen) atoms. The first-order valence-electron chi connectivity index (χ1n) is 11.0. The monoisotopic (exact) mass is 411 g/mol. The quantitative estimate of drug-likeness (QED) is 0.761. The smallest absolute Gasteiger partial charge is 0.173 e. The summed E-state index contributed by atoms with van der Waals surface area (Å²) in [7, 11) is 0. The summed E-state index contributed by atoms with van der Waals surface area (Å²) < 4.78 is 0. The van der Waals surface area contributed by atoms with Crippen molar-refractivity contribution in [3.63, 3.8) is 0 Å². The first kappa shape index (κ1) is 20.4. The lowest BCUT2D eigenvalue weighted by molar-refractivity contribution is 0.262. The van der Waals surface area contributed by atoms with E-state index in [1.807, 2.05) is 0 Å². The minimum Gasteiger partial charge on any atom is -0.354 e. The van der Waals surface area contributed by atoms with E-state index in [-0.39, 0.29) is 0 Å². The van der Waals surface area contributed by atoms with E-state index in [0.29, 0.717) is 6.04 Å². The molecule has 1 atom stereocenters. The molecule has 1 aromatic carbocycles. The van der Waals surface area contributed by atoms with Gasteiger partial charge < -0.3 is 20.0 Å². The van der Waals surface area contributed by atoms with Crippen LogP contribution in [0.15, 0.2) is 24.3 Å². The van der Waals surface area contributed by atoms with Crippen LogP contribution in [-0.2, 0) is 0 Å². The summed E-state index contributed by atoms with van der Waals surface area (Å²) in [6.45, 7) is 13.2. The number of piperazine rings is 1. The number of likely N-dealkylation sites (N-methyl/N-ethyl adjacent to an activating group) is 1. The summed E-state index contributed by atoms with van der Waals surface area (Å²) in [4.78, 5) is 12.2. The average molecular weight is 412 g/mol. The zero-order chi connectivity index (χ0) is 20.4. The van der Waals surface area contributed by atoms with E-state index in [0.717, 1.165) is 61.4 Å². The molecule has 0 bridgehead atoms. The van der Waals surface area contributed by atoms with Crippen LogP contribution in [0.2, 0.25) is 0 Å². The second-order valence-corrected chi connectivity index (χ2v) is 8.81. The van der Waals surface area contributed by atoms with Crippen LogP contribution in [0.4, 0.5) is 11.5 Å². The zero-order valence-corrected chi connectivity index (χ0v) is 18.8. The Morgan fingerprint density at radius 1 is 1.14 bits per heavy atom. The number of aromatic nitrogens is 1. The molecule has 2 fully saturated rings. The number of likely N-dealkylation sites (tertiary alicyclic amines) is 1. The molecule has 2 aliphatic rings. The number of anilines is 2. The van der Waals surface area contributed by atoms with Crippen molar-refractivity contribution in [3.8, 4) is 0 Å². The Morgan fingerprint density at radius 2 is 1.93 bits per heavy atom. The third kappa shape index (κ3) is 4.48. The van der Waals surface area contributed by atoms with Crippen LogP contribution in [0, 0.1) is 6.92 Å². The number of pyridine rings is 1. The molecule has 2 saturated heterocycles. The van der Waals surface area contributed by atoms with Gasteiger partial charge in [-0.3, -0.25) is 0 Å². The van der Waals surface area contributed by atoms with Crippen LogP contribution < -0.4 is 10.2 Å². The molecule has 156 valence electrons. The largest absolute Gasteiger partial charge is 0.354 e. The predicted octanol–water partition coefficient (Wildman–Crippen LogP) is 4.26. The van der Waals surface area contributed by atoms with Gasteiger partial charge in [-0.25, -0.2) is 4.98 Å². The van der Waals surface area contributed by atoms with Crippen LogP contribution in [-0.4, -0.2) is 65.2 Å². The Bertz CT molecular complexity index is 875. The number of hydrogen-bond donors (Lipinski definition) is 1. The summed E-state index contributed by atoms with van der Waals surface area (Å²) >= 11 is 5.70. The van der Waals surface area contributed by atoms with Crippen molar-refractivity contribution in [1.82, 2.24) is 14.8 Å². The molecular weight excluding hydrogens is 378 g/mol. The van der Waals surface area contributed by atoms with Gasteiger partial charge in [0.15, 0.2) is 5.11 Å². The van der Waals surface area contributed by atoms with Gasteiger partial charge in [-0.15, -0.1) is 0 Å². The van der Waals surface area contributed by atoms with Crippen molar-refractivity contribution in [2.45, 2.75) is 46.1 Å². The Hall–Kier alpha value is -1.92. The molecular formula is C23H33N5S. The fraction of sp³-hybridized carbons (Fsp3) is 0.565. The lowest BCUT2D eigenvalue weighted by Gasteiger charge is -2.35. The molecule has 0 saturated carbocycles. The highest BCUT2D eigenvalue weighted by Crippen LogP contribution is 2.26. The van der Waals surface area contributed by atoms with Crippen LogP contribution in [0.25, 0.3) is 10.9 Å². The molecule has 1 aromatic heterocycles. The van der Waals surface area contributed by atoms with Gasteiger partial charge in [0.05, 0.1) is 5.52 Å². The maximum absolute atomic E-state index is 5.70. The van der Waals surface area contributed by atoms with E-state index in [1.165, 1.54) is 30.2 Å². The molecule has 0 radical (unpaired) electrons. The number of nitrogens with one attached hydrogen (secondary N) is 1. The third-order valence-electron chi connectivity index (χ3n) is 6.46. The minimum atomic E-state index is 0.517. The number of aryl methyl sites for hydroxylation is 1. The van der Waals surface area contributed by atoms with E-state index in [9.17, 15) is 0 Å². The summed E-state index contributed by atoms with van der Waals surface area (Å²) in [6, 6.07) is 9.17. The number of benzene rings is 1. The van der Waals surface area contributed by atoms with Gasteiger partial charge in [0.1, 0.15) is 5.82 Å². The van der Waals surface area contributed by atoms with Gasteiger partial charge in [0.25, 0.3) is 0 Å². The lowest BCUT2D eigenvalue weighted by atomic mass is 10.0. The summed E-state index contributed by atoms with van der Waals surface area (Å²) in [5, 5.41) is 5.50. The van der Waals surface area contributed by atoms with Crippen LogP contribution in [0.1, 0.15) is 38.7 Å². The fourth-order valence-corrected chi connectivity index (χ4v) is 4.89. The zero-order valence-electron chi connectivity index (χ0n) is 17.9. The molecule has 3 heterocycles. The van der Waals surface area contributed by atoms with E-state index in [4.69, 9.17) is 17.2 Å². The van der Waals surface area contributed by atoms with E-state index >= 15 is 0 Å². The standard InChI is InChI=1S/C23H33N5S/c1-4-26-11-13-27(14-12-26)22-15-17(2)20-16-19(8-9-21(20)25-22)24-23(29)28-10-6-5-7-18(28)3/h8-9,15-16,18H,4-7,10-14H2,1-3H3,(H,24,29). The number of nitrogens with zero attached hydrogens (tertiary/aromatic N) is 4. The first-order valence-corrected chi connectivity index (χ1v) is 11.4. The van der Waals surface area contributed by atoms with Crippen molar-refractivity contribution in [3.05, 3.63) is 29.8 Å². The predicted molar refractivity (Wildman–Crippen MR) is 127 cm³/mol. The summed E-state index contributed by atoms with van der Waals surface area (Å²) in [5.74, 6) is 1.10. The molecule has 0 amide bonds. The van der Waals surface area contributed by atoms with Gasteiger partial charge >= 0.3 is 0 Å². The molecule has 2 aromatic rings. The van der Waals surface area contributed by atoms with Gasteiger partial charge in [-0.2, -0.15) is 0 Å². The Balaban J connectivity index is 1.51. The summed E-state index contributed by atoms with van der Waals surface area (Å²) in [5.41, 5.74) is 3.37. The van der Waals surface area contributed by atoms with Crippen molar-refractivity contribution >= 4 is 39.7 Å². The normalized spacial score (nSPS) is 20.9. The molecule has 6 heteroatoms. The number of hydrogen-bond acceptors (Lipinski definition) is 4. The van der Waals surface area contributed by atoms with E-state index in [1.54, 1.807) is 0 Å². The van der Waals surface area contributed by atoms with Crippen molar-refractivity contribution in [2.24, 2.45) is 0 Å². The minimum absolute atomic E-state index is 0.517. The first-order chi connectivity index (χ1) is 14.0. The molecule has 1 unspecified atom stereocenters. The fourth-order valence-electron chi connectivity index (χ4n) is 4.50. The highest BCUT2D eigenvalue weighted by Gasteiger charge is 2.21. The molecule has 0 aliphatic carbocycles. The van der Waals surface area contributed by atoms with Gasteiger partial charge in [0.2, 0.25) is 0 Å². The van der Waals surface area contributed by atoms with Crippen LogP contribution >= 0.6 is 12.2 Å². The molecule has 0 spiro atoms. The van der Waals surface area contributed by atoms with Crippen LogP contribution in [0.5, 0.6) is 0 Å². The third-order valence-corrected chi connectivity index (χ3v) is 6.80. The van der Waals surface area contributed by atoms with Gasteiger partial charge in [-0.1, -0.05) is 6.92 Å². The van der Waals surface area contributed by atoms with Gasteiger partial charge in [-0.05, 0) is 81.7 Å². The molecule has 4 rings (SSSR count). The van der Waals surface area contributed by atoms with Crippen molar-refractivity contribution in [2.75, 3.05) is 49.5 Å². The SMILES string of the molecule is CCN1CCN(c2cc(C)c3cc(NC(=S)N4CCCCC4C)ccc3n2)CC1. The second-order valence-electron chi connectivity index (χ2n) is 8.42. The maximum atomic E-state index is 5.70. The van der Waals surface area contributed by atoms with Gasteiger partial charge in [0, 0.05) is 49.8 Å². The van der Waals surface area contributed by atoms with E-state index in [2.05, 4.69) is 65.1 Å². The number of fused-ring (bicyclic) bond motifs is 1. The molecule has 5 nitrogen and oxygen atoms in total. The van der Waals surface area contributed by atoms with Crippen molar-refractivity contribution in [1.29, 1.82) is 0 Å². The average Bonchev–Trinajstić information content (AvgIpc) is 2.74. The molecule has 1 N–H and O–H groups in total. The summed E-state index contributed by atoms with van der Waals surface area (Å²) in [6.07, 6.45) is 3.75. The second kappa shape index (κ2) is 8.84. The highest BCUT2D eigenvalue weighted by molar-refractivity contribution is 7.80. The Kier molecular flexibility index (Phi) is 6.20. The maximum Gasteiger partial charge on any atom is 0.173 e. The number of piperidine rings is 1. The van der Waals surface area contributed by atoms with Crippen LogP contribution in [0.3, 0.4) is 0 Å². The van der Waals surface area contributed by atoms with E-state index < -0.39 is 0 Å². The lowest BCUT2D eigenvalue weighted by Crippen LogP contribution is -2.46. The number of rotatable bonds is 3. The topological polar surface area (TPSA) is 34.6 Å². The van der Waals surface area contributed by atoms with Crippen molar-refractivity contribution < 1.29 is 0 Å². The Labute approximate surface area is 180 Å². The Morgan fingerprint density at radius 3 is 2.66 bits per heavy atom. The molecule has 2 aliphatic heterocycles.